The first kappa shape index (κ1) is 14.1. The van der Waals surface area contributed by atoms with Crippen LogP contribution >= 0.6 is 0 Å². The van der Waals surface area contributed by atoms with E-state index in [1.54, 1.807) is 13.8 Å². The molecule has 0 saturated heterocycles. The van der Waals surface area contributed by atoms with Crippen molar-refractivity contribution in [2.24, 2.45) is 0 Å². The Morgan fingerprint density at radius 1 is 1.40 bits per heavy atom. The standard InChI is InChI=1S/C13H13F2N3O2/c1-3-20-13(19)12-8(2)18(17-16-12)7-9-4-5-10(14)6-11(9)15/h4-6H,3,7H2,1-2H3. The molecule has 2 aromatic rings. The fourth-order valence-electron chi connectivity index (χ4n) is 1.71. The smallest absolute Gasteiger partial charge is 0.360 e. The van der Waals surface area contributed by atoms with Crippen molar-refractivity contribution in [1.29, 1.82) is 0 Å². The van der Waals surface area contributed by atoms with E-state index in [1.165, 1.54) is 10.7 Å². The van der Waals surface area contributed by atoms with Gasteiger partial charge in [-0.1, -0.05) is 11.3 Å². The molecule has 1 heterocycles. The largest absolute Gasteiger partial charge is 0.461 e. The molecule has 0 aliphatic carbocycles. The lowest BCUT2D eigenvalue weighted by atomic mass is 10.2. The third kappa shape index (κ3) is 2.81. The Bertz CT molecular complexity index is 641. The van der Waals surface area contributed by atoms with Crippen LogP contribution in [0.1, 0.15) is 28.7 Å². The molecular formula is C13H13F2N3O2. The van der Waals surface area contributed by atoms with Crippen molar-refractivity contribution >= 4 is 5.97 Å². The molecule has 0 unspecified atom stereocenters. The molecule has 0 saturated carbocycles. The lowest BCUT2D eigenvalue weighted by Gasteiger charge is -2.05. The van der Waals surface area contributed by atoms with Gasteiger partial charge in [0.05, 0.1) is 18.8 Å². The summed E-state index contributed by atoms with van der Waals surface area (Å²) < 4.78 is 32.6. The predicted molar refractivity (Wildman–Crippen MR) is 66.2 cm³/mol. The first-order valence-electron chi connectivity index (χ1n) is 6.04. The van der Waals surface area contributed by atoms with Gasteiger partial charge in [-0.15, -0.1) is 5.10 Å². The van der Waals surface area contributed by atoms with Gasteiger partial charge >= 0.3 is 5.97 Å². The molecule has 0 spiro atoms. The first-order valence-corrected chi connectivity index (χ1v) is 6.04. The van der Waals surface area contributed by atoms with E-state index < -0.39 is 17.6 Å². The van der Waals surface area contributed by atoms with Crippen molar-refractivity contribution in [2.75, 3.05) is 6.61 Å². The van der Waals surface area contributed by atoms with Crippen LogP contribution in [-0.2, 0) is 11.3 Å². The quantitative estimate of drug-likeness (QED) is 0.805. The number of hydrogen-bond donors (Lipinski definition) is 0. The lowest BCUT2D eigenvalue weighted by Crippen LogP contribution is -2.09. The maximum Gasteiger partial charge on any atom is 0.360 e. The minimum Gasteiger partial charge on any atom is -0.461 e. The van der Waals surface area contributed by atoms with Gasteiger partial charge in [-0.3, -0.25) is 0 Å². The Morgan fingerprint density at radius 2 is 2.15 bits per heavy atom. The molecule has 2 rings (SSSR count). The minimum atomic E-state index is -0.669. The summed E-state index contributed by atoms with van der Waals surface area (Å²) in [6, 6.07) is 3.29. The summed E-state index contributed by atoms with van der Waals surface area (Å²) in [7, 11) is 0. The van der Waals surface area contributed by atoms with Crippen molar-refractivity contribution in [3.63, 3.8) is 0 Å². The van der Waals surface area contributed by atoms with E-state index in [0.29, 0.717) is 5.69 Å². The molecule has 0 atom stereocenters. The number of carbonyl (C=O) groups excluding carboxylic acids is 1. The Kier molecular flexibility index (Phi) is 4.07. The number of ether oxygens (including phenoxy) is 1. The first-order chi connectivity index (χ1) is 9.52. The fourth-order valence-corrected chi connectivity index (χ4v) is 1.71. The Morgan fingerprint density at radius 3 is 2.80 bits per heavy atom. The molecule has 1 aromatic heterocycles. The van der Waals surface area contributed by atoms with E-state index in [4.69, 9.17) is 4.74 Å². The number of benzene rings is 1. The van der Waals surface area contributed by atoms with Crippen LogP contribution in [0.2, 0.25) is 0 Å². The van der Waals surface area contributed by atoms with Crippen LogP contribution in [0.25, 0.3) is 0 Å². The van der Waals surface area contributed by atoms with Crippen LogP contribution < -0.4 is 0 Å². The third-order valence-electron chi connectivity index (χ3n) is 2.79. The van der Waals surface area contributed by atoms with Crippen molar-refractivity contribution in [2.45, 2.75) is 20.4 Å². The number of esters is 1. The van der Waals surface area contributed by atoms with Crippen LogP contribution in [0.5, 0.6) is 0 Å². The normalized spacial score (nSPS) is 10.6. The molecule has 0 aliphatic heterocycles. The van der Waals surface area contributed by atoms with Gasteiger partial charge in [-0.05, 0) is 19.9 Å². The number of rotatable bonds is 4. The molecule has 106 valence electrons. The van der Waals surface area contributed by atoms with Crippen LogP contribution in [0.3, 0.4) is 0 Å². The zero-order chi connectivity index (χ0) is 14.7. The average molecular weight is 281 g/mol. The summed E-state index contributed by atoms with van der Waals surface area (Å²) in [6.45, 7) is 3.61. The second-order valence-electron chi connectivity index (χ2n) is 4.14. The highest BCUT2D eigenvalue weighted by Crippen LogP contribution is 2.13. The van der Waals surface area contributed by atoms with Gasteiger partial charge in [0.2, 0.25) is 0 Å². The van der Waals surface area contributed by atoms with E-state index in [-0.39, 0.29) is 24.4 Å². The van der Waals surface area contributed by atoms with Gasteiger partial charge in [0, 0.05) is 11.6 Å². The van der Waals surface area contributed by atoms with Crippen molar-refractivity contribution in [3.05, 3.63) is 46.8 Å². The summed E-state index contributed by atoms with van der Waals surface area (Å²) in [5.74, 6) is -1.89. The maximum absolute atomic E-state index is 13.6. The monoisotopic (exact) mass is 281 g/mol. The average Bonchev–Trinajstić information content (AvgIpc) is 2.75. The summed E-state index contributed by atoms with van der Waals surface area (Å²) in [4.78, 5) is 11.6. The molecule has 5 nitrogen and oxygen atoms in total. The number of halogens is 2. The zero-order valence-corrected chi connectivity index (χ0v) is 11.1. The fraction of sp³-hybridized carbons (Fsp3) is 0.308. The number of nitrogens with zero attached hydrogens (tertiary/aromatic N) is 3. The SMILES string of the molecule is CCOC(=O)c1nnn(Cc2ccc(F)cc2F)c1C. The summed E-state index contributed by atoms with van der Waals surface area (Å²) >= 11 is 0. The summed E-state index contributed by atoms with van der Waals surface area (Å²) in [5, 5.41) is 7.50. The molecule has 0 amide bonds. The van der Waals surface area contributed by atoms with E-state index in [2.05, 4.69) is 10.3 Å². The highest BCUT2D eigenvalue weighted by molar-refractivity contribution is 5.88. The molecule has 0 aliphatic rings. The zero-order valence-electron chi connectivity index (χ0n) is 11.1. The highest BCUT2D eigenvalue weighted by Gasteiger charge is 2.18. The van der Waals surface area contributed by atoms with Crippen LogP contribution in [0.15, 0.2) is 18.2 Å². The van der Waals surface area contributed by atoms with Gasteiger partial charge in [-0.2, -0.15) is 0 Å². The Balaban J connectivity index is 2.24. The predicted octanol–water partition coefficient (Wildman–Crippen LogP) is 2.09. The number of aromatic nitrogens is 3. The summed E-state index contributed by atoms with van der Waals surface area (Å²) in [6.07, 6.45) is 0. The van der Waals surface area contributed by atoms with Crippen molar-refractivity contribution in [1.82, 2.24) is 15.0 Å². The molecule has 0 bridgehead atoms. The number of carbonyl (C=O) groups is 1. The molecule has 1 aromatic carbocycles. The topological polar surface area (TPSA) is 57.0 Å². The van der Waals surface area contributed by atoms with Gasteiger partial charge < -0.3 is 4.74 Å². The molecule has 0 fully saturated rings. The number of hydrogen-bond acceptors (Lipinski definition) is 4. The lowest BCUT2D eigenvalue weighted by molar-refractivity contribution is 0.0518. The maximum atomic E-state index is 13.6. The molecule has 7 heteroatoms. The third-order valence-corrected chi connectivity index (χ3v) is 2.79. The van der Waals surface area contributed by atoms with Crippen molar-refractivity contribution in [3.8, 4) is 0 Å². The minimum absolute atomic E-state index is 0.0599. The van der Waals surface area contributed by atoms with Gasteiger partial charge in [0.25, 0.3) is 0 Å². The van der Waals surface area contributed by atoms with Crippen LogP contribution in [-0.4, -0.2) is 27.6 Å². The van der Waals surface area contributed by atoms with E-state index in [0.717, 1.165) is 12.1 Å². The van der Waals surface area contributed by atoms with E-state index >= 15 is 0 Å². The Labute approximate surface area is 114 Å². The molecule has 0 radical (unpaired) electrons. The van der Waals surface area contributed by atoms with E-state index in [9.17, 15) is 13.6 Å². The second kappa shape index (κ2) is 5.77. The Hall–Kier alpha value is -2.31. The molecule has 0 N–H and O–H groups in total. The molecule has 20 heavy (non-hydrogen) atoms. The van der Waals surface area contributed by atoms with Crippen LogP contribution in [0, 0.1) is 18.6 Å². The summed E-state index contributed by atoms with van der Waals surface area (Å²) in [5.41, 5.74) is 0.816. The second-order valence-corrected chi connectivity index (χ2v) is 4.14. The van der Waals surface area contributed by atoms with Gasteiger partial charge in [0.1, 0.15) is 11.6 Å². The highest BCUT2D eigenvalue weighted by atomic mass is 19.1. The van der Waals surface area contributed by atoms with Gasteiger partial charge in [0.15, 0.2) is 5.69 Å². The van der Waals surface area contributed by atoms with Crippen molar-refractivity contribution < 1.29 is 18.3 Å². The van der Waals surface area contributed by atoms with E-state index in [1.807, 2.05) is 0 Å². The van der Waals surface area contributed by atoms with Crippen LogP contribution in [0.4, 0.5) is 8.78 Å². The molecular weight excluding hydrogens is 268 g/mol. The van der Waals surface area contributed by atoms with Gasteiger partial charge in [-0.25, -0.2) is 18.3 Å².